The van der Waals surface area contributed by atoms with Crippen molar-refractivity contribution in [2.75, 3.05) is 0 Å². The van der Waals surface area contributed by atoms with E-state index in [9.17, 15) is 26.3 Å². The number of benzene rings is 1. The zero-order chi connectivity index (χ0) is 17.7. The summed E-state index contributed by atoms with van der Waals surface area (Å²) in [4.78, 5) is 7.64. The molecule has 1 heterocycles. The topological polar surface area (TPSA) is 44.2 Å². The molecule has 0 saturated heterocycles. The van der Waals surface area contributed by atoms with E-state index in [1.165, 1.54) is 18.5 Å². The van der Waals surface area contributed by atoms with Crippen molar-refractivity contribution in [1.29, 1.82) is 0 Å². The quantitative estimate of drug-likeness (QED) is 0.565. The van der Waals surface area contributed by atoms with E-state index in [2.05, 4.69) is 19.4 Å². The summed E-state index contributed by atoms with van der Waals surface area (Å²) in [5.41, 5.74) is -0.0514. The van der Waals surface area contributed by atoms with Crippen LogP contribution in [0.2, 0.25) is 0 Å². The summed E-state index contributed by atoms with van der Waals surface area (Å²) >= 11 is 0. The van der Waals surface area contributed by atoms with Crippen LogP contribution in [-0.2, 0) is 0 Å². The maximum absolute atomic E-state index is 13.1. The average molecular weight is 348 g/mol. The number of halogens is 6. The summed E-state index contributed by atoms with van der Waals surface area (Å²) < 4.78 is 82.8. The molecule has 0 atom stereocenters. The number of ether oxygens (including phenoxy) is 2. The standard InChI is InChI=1S/C14H6F6N2O2/c15-10(16)12(19)23-7-2-3-8(14-21-4-1-5-22-14)9(6-7)24-13(20)11(17)18/h1-6H. The molecule has 4 nitrogen and oxygen atoms in total. The average Bonchev–Trinajstić information content (AvgIpc) is 2.55. The third kappa shape index (κ3) is 4.24. The summed E-state index contributed by atoms with van der Waals surface area (Å²) in [7, 11) is 0. The lowest BCUT2D eigenvalue weighted by atomic mass is 10.1. The molecular weight excluding hydrogens is 342 g/mol. The molecule has 2 aromatic rings. The van der Waals surface area contributed by atoms with Gasteiger partial charge in [-0.3, -0.25) is 0 Å². The van der Waals surface area contributed by atoms with Crippen molar-refractivity contribution in [2.24, 2.45) is 0 Å². The van der Waals surface area contributed by atoms with Gasteiger partial charge < -0.3 is 9.47 Å². The molecule has 2 rings (SSSR count). The molecule has 0 radical (unpaired) electrons. The number of hydrogen-bond donors (Lipinski definition) is 0. The van der Waals surface area contributed by atoms with Crippen molar-refractivity contribution in [1.82, 2.24) is 9.97 Å². The first-order valence-corrected chi connectivity index (χ1v) is 6.07. The minimum atomic E-state index is -2.75. The maximum Gasteiger partial charge on any atom is 0.344 e. The Bertz CT molecular complexity index is 787. The van der Waals surface area contributed by atoms with Gasteiger partial charge in [-0.2, -0.15) is 26.3 Å². The Morgan fingerprint density at radius 1 is 0.792 bits per heavy atom. The molecule has 0 aliphatic rings. The van der Waals surface area contributed by atoms with Gasteiger partial charge in [0.25, 0.3) is 0 Å². The Labute approximate surface area is 130 Å². The second-order valence-corrected chi connectivity index (χ2v) is 4.00. The second kappa shape index (κ2) is 7.49. The summed E-state index contributed by atoms with van der Waals surface area (Å²) in [5, 5.41) is 0. The van der Waals surface area contributed by atoms with Crippen LogP contribution in [0, 0.1) is 0 Å². The number of rotatable bonds is 5. The highest BCUT2D eigenvalue weighted by Gasteiger charge is 2.17. The first-order chi connectivity index (χ1) is 11.4. The van der Waals surface area contributed by atoms with E-state index in [1.807, 2.05) is 0 Å². The fraction of sp³-hybridized carbons (Fsp3) is 0. The van der Waals surface area contributed by atoms with Crippen molar-refractivity contribution in [3.63, 3.8) is 0 Å². The number of nitrogens with zero attached hydrogens (tertiary/aromatic N) is 2. The van der Waals surface area contributed by atoms with Crippen LogP contribution in [0.5, 0.6) is 11.5 Å². The van der Waals surface area contributed by atoms with Gasteiger partial charge >= 0.3 is 24.2 Å². The highest BCUT2D eigenvalue weighted by Crippen LogP contribution is 2.34. The zero-order valence-corrected chi connectivity index (χ0v) is 11.4. The Balaban J connectivity index is 2.48. The second-order valence-electron chi connectivity index (χ2n) is 4.00. The molecule has 0 amide bonds. The molecule has 1 aromatic carbocycles. The summed E-state index contributed by atoms with van der Waals surface area (Å²) in [5.74, 6) is -1.16. The lowest BCUT2D eigenvalue weighted by Crippen LogP contribution is -1.98. The van der Waals surface area contributed by atoms with E-state index in [0.717, 1.165) is 18.2 Å². The summed E-state index contributed by atoms with van der Waals surface area (Å²) in [6, 6.07) is -0.0970. The Hall–Kier alpha value is -3.04. The summed E-state index contributed by atoms with van der Waals surface area (Å²) in [6.45, 7) is 0. The van der Waals surface area contributed by atoms with Crippen LogP contribution in [0.4, 0.5) is 26.3 Å². The first-order valence-electron chi connectivity index (χ1n) is 6.07. The third-order valence-electron chi connectivity index (χ3n) is 2.46. The highest BCUT2D eigenvalue weighted by atomic mass is 19.3. The largest absolute Gasteiger partial charge is 0.428 e. The SMILES string of the molecule is FC(F)=C(F)Oc1ccc(-c2ncccn2)c(OC(F)=C(F)F)c1. The Morgan fingerprint density at radius 2 is 1.38 bits per heavy atom. The van der Waals surface area contributed by atoms with Crippen molar-refractivity contribution in [3.8, 4) is 22.9 Å². The van der Waals surface area contributed by atoms with Gasteiger partial charge in [-0.25, -0.2) is 9.97 Å². The zero-order valence-electron chi connectivity index (χ0n) is 11.4. The van der Waals surface area contributed by atoms with Crippen LogP contribution in [0.25, 0.3) is 11.4 Å². The molecule has 0 unspecified atom stereocenters. The predicted octanol–water partition coefficient (Wildman–Crippen LogP) is 4.97. The van der Waals surface area contributed by atoms with Crippen molar-refractivity contribution < 1.29 is 35.8 Å². The van der Waals surface area contributed by atoms with Crippen LogP contribution in [0.1, 0.15) is 0 Å². The van der Waals surface area contributed by atoms with Crippen LogP contribution in [0.15, 0.2) is 60.8 Å². The molecule has 0 N–H and O–H groups in total. The molecule has 24 heavy (non-hydrogen) atoms. The Morgan fingerprint density at radius 3 is 1.96 bits per heavy atom. The first kappa shape index (κ1) is 17.3. The highest BCUT2D eigenvalue weighted by molar-refractivity contribution is 5.65. The molecule has 10 heteroatoms. The smallest absolute Gasteiger partial charge is 0.344 e. The van der Waals surface area contributed by atoms with E-state index in [0.29, 0.717) is 0 Å². The van der Waals surface area contributed by atoms with E-state index in [-0.39, 0.29) is 11.4 Å². The third-order valence-corrected chi connectivity index (χ3v) is 2.46. The Kier molecular flexibility index (Phi) is 5.40. The molecule has 126 valence electrons. The van der Waals surface area contributed by atoms with Gasteiger partial charge in [-0.1, -0.05) is 0 Å². The van der Waals surface area contributed by atoms with Crippen LogP contribution >= 0.6 is 0 Å². The van der Waals surface area contributed by atoms with Gasteiger partial charge in [0.2, 0.25) is 0 Å². The van der Waals surface area contributed by atoms with Gasteiger partial charge in [0.05, 0.1) is 5.56 Å². The molecule has 0 fully saturated rings. The normalized spacial score (nSPS) is 10.1. The van der Waals surface area contributed by atoms with E-state index in [1.54, 1.807) is 0 Å². The predicted molar refractivity (Wildman–Crippen MR) is 69.4 cm³/mol. The van der Waals surface area contributed by atoms with Gasteiger partial charge in [0.1, 0.15) is 11.5 Å². The van der Waals surface area contributed by atoms with E-state index in [4.69, 9.17) is 0 Å². The van der Waals surface area contributed by atoms with Crippen molar-refractivity contribution in [3.05, 3.63) is 60.8 Å². The minimum absolute atomic E-state index is 0.0289. The van der Waals surface area contributed by atoms with E-state index < -0.39 is 35.7 Å². The number of hydrogen-bond acceptors (Lipinski definition) is 4. The lowest BCUT2D eigenvalue weighted by molar-refractivity contribution is 0.233. The van der Waals surface area contributed by atoms with Crippen LogP contribution < -0.4 is 9.47 Å². The molecule has 0 spiro atoms. The number of aromatic nitrogens is 2. The van der Waals surface area contributed by atoms with Crippen LogP contribution in [0.3, 0.4) is 0 Å². The molecule has 0 saturated carbocycles. The molecule has 1 aromatic heterocycles. The maximum atomic E-state index is 13.1. The van der Waals surface area contributed by atoms with Gasteiger partial charge in [0, 0.05) is 18.5 Å². The monoisotopic (exact) mass is 348 g/mol. The fourth-order valence-electron chi connectivity index (χ4n) is 1.55. The van der Waals surface area contributed by atoms with Crippen molar-refractivity contribution in [2.45, 2.75) is 0 Å². The van der Waals surface area contributed by atoms with Crippen LogP contribution in [-0.4, -0.2) is 9.97 Å². The minimum Gasteiger partial charge on any atom is -0.428 e. The molecule has 0 bridgehead atoms. The van der Waals surface area contributed by atoms with Crippen molar-refractivity contribution >= 4 is 0 Å². The lowest BCUT2D eigenvalue weighted by Gasteiger charge is -2.10. The molecular formula is C14H6F6N2O2. The molecule has 0 aliphatic heterocycles. The van der Waals surface area contributed by atoms with Gasteiger partial charge in [0.15, 0.2) is 5.82 Å². The van der Waals surface area contributed by atoms with E-state index >= 15 is 0 Å². The van der Waals surface area contributed by atoms with Gasteiger partial charge in [-0.05, 0) is 18.2 Å². The fourth-order valence-corrected chi connectivity index (χ4v) is 1.55. The van der Waals surface area contributed by atoms with Gasteiger partial charge in [-0.15, -0.1) is 0 Å². The summed E-state index contributed by atoms with van der Waals surface area (Å²) in [6.07, 6.45) is -2.84. The molecule has 0 aliphatic carbocycles.